The fourth-order valence-electron chi connectivity index (χ4n) is 3.39. The molecule has 1 fully saturated rings. The second-order valence-electron chi connectivity index (χ2n) is 10.4. The summed E-state index contributed by atoms with van der Waals surface area (Å²) in [4.78, 5) is 0. The summed E-state index contributed by atoms with van der Waals surface area (Å²) >= 11 is 1.66. The van der Waals surface area contributed by atoms with E-state index in [2.05, 4.69) is 90.1 Å². The maximum absolute atomic E-state index is 3.53. The average molecular weight is 545 g/mol. The van der Waals surface area contributed by atoms with E-state index in [1.165, 1.54) is 46.2 Å². The number of allylic oxidation sites excluding steroid dienone is 4. The fraction of sp³-hybridized carbons (Fsp3) is 0.414. The van der Waals surface area contributed by atoms with Gasteiger partial charge in [-0.25, -0.2) is 12.2 Å². The van der Waals surface area contributed by atoms with Crippen LogP contribution in [0.5, 0.6) is 0 Å². The van der Waals surface area contributed by atoms with E-state index in [-0.39, 0.29) is 35.6 Å². The summed E-state index contributed by atoms with van der Waals surface area (Å²) in [6.45, 7) is 13.6. The van der Waals surface area contributed by atoms with Crippen LogP contribution >= 0.6 is 0 Å². The molecular formula is C29H34Cl2Zr-2. The average Bonchev–Trinajstić information content (AvgIpc) is 3.15. The Hall–Kier alpha value is -0.747. The van der Waals surface area contributed by atoms with Crippen molar-refractivity contribution >= 4 is 3.21 Å². The van der Waals surface area contributed by atoms with E-state index >= 15 is 0 Å². The first-order valence-corrected chi connectivity index (χ1v) is 12.3. The minimum absolute atomic E-state index is 0. The van der Waals surface area contributed by atoms with Gasteiger partial charge in [0, 0.05) is 0 Å². The molecule has 1 saturated carbocycles. The zero-order valence-electron chi connectivity index (χ0n) is 20.2. The summed E-state index contributed by atoms with van der Waals surface area (Å²) in [5.74, 6) is 0. The van der Waals surface area contributed by atoms with E-state index in [9.17, 15) is 0 Å². The van der Waals surface area contributed by atoms with Crippen molar-refractivity contribution in [3.05, 3.63) is 83.0 Å². The van der Waals surface area contributed by atoms with Gasteiger partial charge < -0.3 is 24.8 Å². The van der Waals surface area contributed by atoms with Crippen molar-refractivity contribution in [2.24, 2.45) is 0 Å². The van der Waals surface area contributed by atoms with Crippen LogP contribution in [0.2, 0.25) is 0 Å². The summed E-state index contributed by atoms with van der Waals surface area (Å²) in [5.41, 5.74) is 8.76. The summed E-state index contributed by atoms with van der Waals surface area (Å²) in [5, 5.41) is 0. The molecule has 0 saturated heterocycles. The summed E-state index contributed by atoms with van der Waals surface area (Å²) in [7, 11) is 0. The molecule has 0 spiro atoms. The number of hydrogen-bond acceptors (Lipinski definition) is 0. The zero-order chi connectivity index (χ0) is 21.9. The van der Waals surface area contributed by atoms with Crippen LogP contribution in [0.1, 0.15) is 83.1 Å². The normalized spacial score (nSPS) is 14.7. The van der Waals surface area contributed by atoms with Crippen molar-refractivity contribution in [3.63, 3.8) is 0 Å². The molecule has 0 N–H and O–H groups in total. The summed E-state index contributed by atoms with van der Waals surface area (Å²) < 4.78 is 1.76. The van der Waals surface area contributed by atoms with Crippen molar-refractivity contribution < 1.29 is 49.0 Å². The van der Waals surface area contributed by atoms with E-state index in [1.54, 1.807) is 27.4 Å². The van der Waals surface area contributed by atoms with E-state index in [1.807, 2.05) is 12.2 Å². The maximum atomic E-state index is 3.53. The van der Waals surface area contributed by atoms with Gasteiger partial charge in [0.1, 0.15) is 0 Å². The van der Waals surface area contributed by atoms with E-state index < -0.39 is 0 Å². The Kier molecular flexibility index (Phi) is 11.1. The number of halogens is 2. The second-order valence-corrected chi connectivity index (χ2v) is 12.2. The van der Waals surface area contributed by atoms with Crippen molar-refractivity contribution in [1.82, 2.24) is 0 Å². The van der Waals surface area contributed by atoms with Gasteiger partial charge in [0.25, 0.3) is 0 Å². The Morgan fingerprint density at radius 2 is 1.44 bits per heavy atom. The fourth-order valence-corrected chi connectivity index (χ4v) is 3.69. The number of fused-ring (bicyclic) bond motifs is 3. The Morgan fingerprint density at radius 1 is 0.844 bits per heavy atom. The molecule has 5 rings (SSSR count). The van der Waals surface area contributed by atoms with Gasteiger partial charge in [0.2, 0.25) is 0 Å². The molecule has 2 aromatic rings. The van der Waals surface area contributed by atoms with Gasteiger partial charge in [-0.1, -0.05) is 76.3 Å². The molecule has 0 aromatic heterocycles. The van der Waals surface area contributed by atoms with Crippen LogP contribution in [0.25, 0.3) is 11.1 Å². The third-order valence-electron chi connectivity index (χ3n) is 5.61. The minimum atomic E-state index is 0. The monoisotopic (exact) mass is 542 g/mol. The van der Waals surface area contributed by atoms with Crippen LogP contribution in [-0.4, -0.2) is 3.21 Å². The van der Waals surface area contributed by atoms with Gasteiger partial charge in [-0.2, -0.15) is 35.4 Å². The zero-order valence-corrected chi connectivity index (χ0v) is 24.2. The van der Waals surface area contributed by atoms with Crippen molar-refractivity contribution in [3.8, 4) is 11.1 Å². The van der Waals surface area contributed by atoms with E-state index in [0.29, 0.717) is 0 Å². The Labute approximate surface area is 223 Å². The molecule has 0 unspecified atom stereocenters. The predicted molar refractivity (Wildman–Crippen MR) is 127 cm³/mol. The van der Waals surface area contributed by atoms with Crippen molar-refractivity contribution in [2.45, 2.75) is 78.1 Å². The molecule has 0 nitrogen and oxygen atoms in total. The van der Waals surface area contributed by atoms with Gasteiger partial charge in [-0.15, -0.1) is 12.0 Å². The number of benzene rings is 2. The molecule has 0 heterocycles. The van der Waals surface area contributed by atoms with Crippen LogP contribution in [-0.2, 0) is 41.5 Å². The number of hydrogen-bond donors (Lipinski definition) is 0. The van der Waals surface area contributed by atoms with Crippen LogP contribution in [0.3, 0.4) is 0 Å². The molecular weight excluding hydrogens is 510 g/mol. The Balaban J connectivity index is 0.000000387. The van der Waals surface area contributed by atoms with E-state index in [0.717, 1.165) is 12.8 Å². The molecule has 3 heteroatoms. The van der Waals surface area contributed by atoms with Crippen molar-refractivity contribution in [2.75, 3.05) is 0 Å². The first kappa shape index (κ1) is 29.3. The third-order valence-corrected chi connectivity index (χ3v) is 6.84. The quantitative estimate of drug-likeness (QED) is 0.376. The number of rotatable bonds is 0. The topological polar surface area (TPSA) is 0 Å². The van der Waals surface area contributed by atoms with Gasteiger partial charge in [-0.05, 0) is 17.4 Å². The van der Waals surface area contributed by atoms with Gasteiger partial charge in [0.15, 0.2) is 0 Å². The Morgan fingerprint density at radius 3 is 1.88 bits per heavy atom. The molecule has 170 valence electrons. The summed E-state index contributed by atoms with van der Waals surface area (Å²) in [6, 6.07) is 15.1. The van der Waals surface area contributed by atoms with Crippen LogP contribution in [0.4, 0.5) is 0 Å². The molecule has 3 aliphatic rings. The van der Waals surface area contributed by atoms with Crippen molar-refractivity contribution in [1.29, 1.82) is 0 Å². The first-order valence-electron chi connectivity index (χ1n) is 11.0. The van der Waals surface area contributed by atoms with Gasteiger partial charge >= 0.3 is 40.3 Å². The molecule has 0 bridgehead atoms. The van der Waals surface area contributed by atoms with Gasteiger partial charge in [-0.3, -0.25) is 6.08 Å². The van der Waals surface area contributed by atoms with Crippen LogP contribution in [0.15, 0.2) is 48.6 Å². The van der Waals surface area contributed by atoms with Crippen LogP contribution in [0, 0.1) is 12.1 Å². The molecule has 0 atom stereocenters. The van der Waals surface area contributed by atoms with Gasteiger partial charge in [0.05, 0.1) is 0 Å². The van der Waals surface area contributed by atoms with Crippen LogP contribution < -0.4 is 24.8 Å². The first-order chi connectivity index (χ1) is 14.1. The summed E-state index contributed by atoms with van der Waals surface area (Å²) in [6.07, 6.45) is 13.9. The standard InChI is InChI=1S/C21H25.C5H5.C3H4.2ClH.Zr/c1-20(2,3)16-9-7-14-11-15-8-10-17(21(4,5)6)13-19(15)18(14)12-16;1-2-4-5-3-1;1-2-3-1;;;/h7,9-10,12-13H,11H2,1-6H3;1-3H,4H2;1-2H2;2*1H;/q2*-1;;;;+2/p-2. The SMILES string of the molecule is CC(C)(C)c1c[c-]c2c(c1)-c1cc(C(C)(C)C)ccc1C2.[C-]1=CC=CC1.[Cl-].[Cl-].[Zr+2]=[C]1CC1. The molecule has 32 heavy (non-hydrogen) atoms. The molecule has 0 aliphatic heterocycles. The second kappa shape index (κ2) is 12.1. The molecule has 0 radical (unpaired) electrons. The molecule has 3 aliphatic carbocycles. The predicted octanol–water partition coefficient (Wildman–Crippen LogP) is 1.47. The third kappa shape index (κ3) is 8.23. The molecule has 0 amide bonds. The Bertz CT molecular complexity index is 908. The molecule has 2 aromatic carbocycles. The van der Waals surface area contributed by atoms with E-state index in [4.69, 9.17) is 0 Å².